The van der Waals surface area contributed by atoms with Crippen molar-refractivity contribution in [3.63, 3.8) is 0 Å². The van der Waals surface area contributed by atoms with Crippen LogP contribution in [0.5, 0.6) is 5.75 Å². The molecule has 24 heavy (non-hydrogen) atoms. The summed E-state index contributed by atoms with van der Waals surface area (Å²) < 4.78 is 5.26. The summed E-state index contributed by atoms with van der Waals surface area (Å²) >= 11 is 0. The summed E-state index contributed by atoms with van der Waals surface area (Å²) in [7, 11) is 1.71. The third-order valence-electron chi connectivity index (χ3n) is 4.92. The van der Waals surface area contributed by atoms with Crippen LogP contribution in [0.1, 0.15) is 23.1 Å². The number of rotatable bonds is 4. The van der Waals surface area contributed by atoms with E-state index in [0.717, 1.165) is 31.9 Å². The Balaban J connectivity index is 1.63. The molecule has 0 radical (unpaired) electrons. The number of hydrogen-bond donors (Lipinski definition) is 0. The van der Waals surface area contributed by atoms with E-state index in [1.807, 2.05) is 12.1 Å². The first kappa shape index (κ1) is 16.8. The van der Waals surface area contributed by atoms with Crippen molar-refractivity contribution in [1.82, 2.24) is 4.90 Å². The fourth-order valence-corrected chi connectivity index (χ4v) is 3.39. The van der Waals surface area contributed by atoms with E-state index < -0.39 is 0 Å². The van der Waals surface area contributed by atoms with Crippen molar-refractivity contribution in [2.75, 3.05) is 38.2 Å². The second-order valence-electron chi connectivity index (χ2n) is 6.74. The summed E-state index contributed by atoms with van der Waals surface area (Å²) in [5, 5.41) is 0. The van der Waals surface area contributed by atoms with Crippen LogP contribution in [-0.4, -0.2) is 38.2 Å². The van der Waals surface area contributed by atoms with Crippen LogP contribution in [0.15, 0.2) is 42.5 Å². The predicted molar refractivity (Wildman–Crippen MR) is 101 cm³/mol. The average molecular weight is 324 g/mol. The first-order valence-electron chi connectivity index (χ1n) is 8.83. The van der Waals surface area contributed by atoms with Gasteiger partial charge < -0.3 is 9.64 Å². The molecule has 128 valence electrons. The maximum Gasteiger partial charge on any atom is 0.119 e. The highest BCUT2D eigenvalue weighted by atomic mass is 16.5. The van der Waals surface area contributed by atoms with E-state index in [4.69, 9.17) is 4.74 Å². The Labute approximate surface area is 145 Å². The molecule has 1 aliphatic heterocycles. The van der Waals surface area contributed by atoms with Gasteiger partial charge in [0, 0.05) is 38.4 Å². The maximum absolute atomic E-state index is 5.26. The monoisotopic (exact) mass is 324 g/mol. The van der Waals surface area contributed by atoms with Gasteiger partial charge in [-0.25, -0.2) is 0 Å². The number of anilines is 1. The molecule has 3 nitrogen and oxygen atoms in total. The summed E-state index contributed by atoms with van der Waals surface area (Å²) in [6, 6.07) is 15.2. The minimum Gasteiger partial charge on any atom is -0.497 e. The molecule has 0 aliphatic carbocycles. The van der Waals surface area contributed by atoms with Gasteiger partial charge in [0.15, 0.2) is 0 Å². The van der Waals surface area contributed by atoms with Gasteiger partial charge in [-0.2, -0.15) is 0 Å². The standard InChI is InChI=1S/C21H28N2O/c1-17-5-6-18(2)19(15-17)16-22-11-4-12-23(14-13-22)20-7-9-21(24-3)10-8-20/h5-10,15H,4,11-14,16H2,1-3H3. The normalized spacial score (nSPS) is 16.0. The molecule has 0 unspecified atom stereocenters. The number of methoxy groups -OCH3 is 1. The van der Waals surface area contributed by atoms with Crippen LogP contribution in [0.4, 0.5) is 5.69 Å². The SMILES string of the molecule is COc1ccc(N2CCCN(Cc3cc(C)ccc3C)CC2)cc1. The molecule has 2 aromatic rings. The van der Waals surface area contributed by atoms with E-state index in [9.17, 15) is 0 Å². The van der Waals surface area contributed by atoms with E-state index in [2.05, 4.69) is 54.0 Å². The van der Waals surface area contributed by atoms with Gasteiger partial charge >= 0.3 is 0 Å². The molecule has 0 saturated carbocycles. The van der Waals surface area contributed by atoms with Crippen LogP contribution in [0.3, 0.4) is 0 Å². The van der Waals surface area contributed by atoms with Crippen molar-refractivity contribution in [2.24, 2.45) is 0 Å². The van der Waals surface area contributed by atoms with E-state index >= 15 is 0 Å². The second kappa shape index (κ2) is 7.71. The van der Waals surface area contributed by atoms with Gasteiger partial charge in [-0.1, -0.05) is 23.8 Å². The Hall–Kier alpha value is -2.00. The lowest BCUT2D eigenvalue weighted by Gasteiger charge is -2.24. The molecule has 1 fully saturated rings. The van der Waals surface area contributed by atoms with Crippen molar-refractivity contribution in [1.29, 1.82) is 0 Å². The summed E-state index contributed by atoms with van der Waals surface area (Å²) in [4.78, 5) is 5.08. The smallest absolute Gasteiger partial charge is 0.119 e. The zero-order chi connectivity index (χ0) is 16.9. The van der Waals surface area contributed by atoms with E-state index in [1.165, 1.54) is 35.3 Å². The first-order chi connectivity index (χ1) is 11.7. The third-order valence-corrected chi connectivity index (χ3v) is 4.92. The van der Waals surface area contributed by atoms with Crippen LogP contribution in [0.25, 0.3) is 0 Å². The van der Waals surface area contributed by atoms with Crippen molar-refractivity contribution >= 4 is 5.69 Å². The van der Waals surface area contributed by atoms with Crippen LogP contribution in [0.2, 0.25) is 0 Å². The minimum absolute atomic E-state index is 0.921. The first-order valence-corrected chi connectivity index (χ1v) is 8.83. The molecular weight excluding hydrogens is 296 g/mol. The maximum atomic E-state index is 5.26. The van der Waals surface area contributed by atoms with Gasteiger partial charge in [0.25, 0.3) is 0 Å². The fraction of sp³-hybridized carbons (Fsp3) is 0.429. The lowest BCUT2D eigenvalue weighted by Crippen LogP contribution is -2.30. The van der Waals surface area contributed by atoms with Gasteiger partial charge in [0.1, 0.15) is 5.75 Å². The van der Waals surface area contributed by atoms with E-state index in [1.54, 1.807) is 7.11 Å². The predicted octanol–water partition coefficient (Wildman–Crippen LogP) is 4.02. The summed E-state index contributed by atoms with van der Waals surface area (Å²) in [5.74, 6) is 0.921. The van der Waals surface area contributed by atoms with Crippen molar-refractivity contribution in [3.05, 3.63) is 59.2 Å². The average Bonchev–Trinajstić information content (AvgIpc) is 2.84. The fourth-order valence-electron chi connectivity index (χ4n) is 3.39. The molecule has 1 aliphatic rings. The topological polar surface area (TPSA) is 15.7 Å². The van der Waals surface area contributed by atoms with Crippen molar-refractivity contribution in [2.45, 2.75) is 26.8 Å². The zero-order valence-electron chi connectivity index (χ0n) is 15.1. The van der Waals surface area contributed by atoms with Gasteiger partial charge in [0.05, 0.1) is 7.11 Å². The Kier molecular flexibility index (Phi) is 5.41. The molecule has 1 saturated heterocycles. The zero-order valence-corrected chi connectivity index (χ0v) is 15.1. The molecule has 0 aromatic heterocycles. The molecule has 0 spiro atoms. The van der Waals surface area contributed by atoms with E-state index in [0.29, 0.717) is 0 Å². The highest BCUT2D eigenvalue weighted by molar-refractivity contribution is 5.49. The second-order valence-corrected chi connectivity index (χ2v) is 6.74. The quantitative estimate of drug-likeness (QED) is 0.845. The lowest BCUT2D eigenvalue weighted by atomic mass is 10.1. The number of ether oxygens (including phenoxy) is 1. The number of benzene rings is 2. The minimum atomic E-state index is 0.921. The molecular formula is C21H28N2O. The molecule has 0 N–H and O–H groups in total. The van der Waals surface area contributed by atoms with Crippen molar-refractivity contribution in [3.8, 4) is 5.75 Å². The van der Waals surface area contributed by atoms with E-state index in [-0.39, 0.29) is 0 Å². The Morgan fingerprint density at radius 3 is 2.46 bits per heavy atom. The van der Waals surface area contributed by atoms with Gasteiger partial charge in [-0.05, 0) is 55.7 Å². The van der Waals surface area contributed by atoms with Crippen LogP contribution < -0.4 is 9.64 Å². The Bertz CT molecular complexity index is 666. The van der Waals surface area contributed by atoms with Gasteiger partial charge in [-0.15, -0.1) is 0 Å². The number of nitrogens with zero attached hydrogens (tertiary/aromatic N) is 2. The third kappa shape index (κ3) is 4.09. The molecule has 2 aromatic carbocycles. The molecule has 1 heterocycles. The highest BCUT2D eigenvalue weighted by Gasteiger charge is 2.16. The Morgan fingerprint density at radius 1 is 0.917 bits per heavy atom. The highest BCUT2D eigenvalue weighted by Crippen LogP contribution is 2.21. The summed E-state index contributed by atoms with van der Waals surface area (Å²) in [6.07, 6.45) is 1.21. The Morgan fingerprint density at radius 2 is 1.71 bits per heavy atom. The summed E-state index contributed by atoms with van der Waals surface area (Å²) in [5.41, 5.74) is 5.51. The number of hydrogen-bond acceptors (Lipinski definition) is 3. The van der Waals surface area contributed by atoms with Crippen LogP contribution in [0, 0.1) is 13.8 Å². The summed E-state index contributed by atoms with van der Waals surface area (Å²) in [6.45, 7) is 9.93. The molecule has 3 rings (SSSR count). The largest absolute Gasteiger partial charge is 0.497 e. The van der Waals surface area contributed by atoms with Crippen LogP contribution >= 0.6 is 0 Å². The molecule has 0 amide bonds. The molecule has 0 atom stereocenters. The van der Waals surface area contributed by atoms with Crippen molar-refractivity contribution < 1.29 is 4.74 Å². The van der Waals surface area contributed by atoms with Gasteiger partial charge in [-0.3, -0.25) is 4.90 Å². The lowest BCUT2D eigenvalue weighted by molar-refractivity contribution is 0.285. The molecule has 3 heteroatoms. The van der Waals surface area contributed by atoms with Crippen LogP contribution in [-0.2, 0) is 6.54 Å². The van der Waals surface area contributed by atoms with Gasteiger partial charge in [0.2, 0.25) is 0 Å². The molecule has 0 bridgehead atoms. The number of aryl methyl sites for hydroxylation is 2.